The van der Waals surface area contributed by atoms with Crippen molar-refractivity contribution in [2.75, 3.05) is 0 Å². The molecule has 2 heteroatoms. The molecule has 0 bridgehead atoms. The molecule has 0 aromatic heterocycles. The molecule has 0 saturated heterocycles. The molecule has 0 radical (unpaired) electrons. The quantitative estimate of drug-likeness (QED) is 0.589. The zero-order valence-corrected chi connectivity index (χ0v) is 7.39. The predicted molar refractivity (Wildman–Crippen MR) is 43.4 cm³/mol. The molecule has 62 valence electrons. The SMILES string of the molecule is CC(C)CC(N)(O)C(C)C. The van der Waals surface area contributed by atoms with E-state index < -0.39 is 5.72 Å². The molecule has 0 aromatic rings. The molecule has 2 nitrogen and oxygen atoms in total. The van der Waals surface area contributed by atoms with Crippen LogP contribution >= 0.6 is 0 Å². The first-order valence-electron chi connectivity index (χ1n) is 3.87. The van der Waals surface area contributed by atoms with Gasteiger partial charge in [0, 0.05) is 0 Å². The summed E-state index contributed by atoms with van der Waals surface area (Å²) in [6.45, 7) is 7.98. The molecule has 0 aliphatic rings. The van der Waals surface area contributed by atoms with Crippen molar-refractivity contribution in [3.63, 3.8) is 0 Å². The number of aliphatic hydroxyl groups is 1. The Bertz CT molecular complexity index is 97.4. The molecule has 0 heterocycles. The van der Waals surface area contributed by atoms with Crippen LogP contribution in [0.2, 0.25) is 0 Å². The Hall–Kier alpha value is -0.0800. The first-order valence-corrected chi connectivity index (χ1v) is 3.87. The second-order valence-electron chi connectivity index (χ2n) is 3.74. The van der Waals surface area contributed by atoms with E-state index in [1.807, 2.05) is 13.8 Å². The largest absolute Gasteiger partial charge is 0.376 e. The standard InChI is InChI=1S/C8H19NO/c1-6(2)5-8(9,10)7(3)4/h6-7,10H,5,9H2,1-4H3. The van der Waals surface area contributed by atoms with Crippen LogP contribution in [-0.4, -0.2) is 10.8 Å². The van der Waals surface area contributed by atoms with E-state index in [1.165, 1.54) is 0 Å². The summed E-state index contributed by atoms with van der Waals surface area (Å²) in [6, 6.07) is 0. The van der Waals surface area contributed by atoms with Gasteiger partial charge in [-0.15, -0.1) is 0 Å². The van der Waals surface area contributed by atoms with Crippen LogP contribution in [-0.2, 0) is 0 Å². The van der Waals surface area contributed by atoms with Gasteiger partial charge in [-0.1, -0.05) is 27.7 Å². The highest BCUT2D eigenvalue weighted by molar-refractivity contribution is 4.75. The van der Waals surface area contributed by atoms with Gasteiger partial charge in [-0.05, 0) is 18.3 Å². The maximum Gasteiger partial charge on any atom is 0.116 e. The lowest BCUT2D eigenvalue weighted by Gasteiger charge is -2.28. The van der Waals surface area contributed by atoms with Gasteiger partial charge < -0.3 is 10.8 Å². The second kappa shape index (κ2) is 3.35. The van der Waals surface area contributed by atoms with Crippen molar-refractivity contribution in [3.8, 4) is 0 Å². The summed E-state index contributed by atoms with van der Waals surface area (Å²) in [4.78, 5) is 0. The molecule has 0 aliphatic heterocycles. The zero-order chi connectivity index (χ0) is 8.36. The van der Waals surface area contributed by atoms with E-state index in [4.69, 9.17) is 5.73 Å². The average molecular weight is 145 g/mol. The Morgan fingerprint density at radius 3 is 1.80 bits per heavy atom. The molecule has 1 unspecified atom stereocenters. The van der Waals surface area contributed by atoms with Crippen molar-refractivity contribution < 1.29 is 5.11 Å². The molecular formula is C8H19NO. The monoisotopic (exact) mass is 145 g/mol. The highest BCUT2D eigenvalue weighted by Gasteiger charge is 2.25. The Labute approximate surface area is 63.4 Å². The summed E-state index contributed by atoms with van der Waals surface area (Å²) >= 11 is 0. The number of rotatable bonds is 3. The molecule has 10 heavy (non-hydrogen) atoms. The molecule has 3 N–H and O–H groups in total. The third-order valence-corrected chi connectivity index (χ3v) is 1.74. The van der Waals surface area contributed by atoms with Crippen LogP contribution in [0.15, 0.2) is 0 Å². The van der Waals surface area contributed by atoms with Gasteiger partial charge in [0.05, 0.1) is 0 Å². The molecule has 0 rings (SSSR count). The van der Waals surface area contributed by atoms with Crippen molar-refractivity contribution in [2.45, 2.75) is 39.8 Å². The van der Waals surface area contributed by atoms with Crippen molar-refractivity contribution in [3.05, 3.63) is 0 Å². The Kier molecular flexibility index (Phi) is 3.33. The van der Waals surface area contributed by atoms with Crippen molar-refractivity contribution in [1.82, 2.24) is 0 Å². The fraction of sp³-hybridized carbons (Fsp3) is 1.00. The first kappa shape index (κ1) is 9.92. The lowest BCUT2D eigenvalue weighted by molar-refractivity contribution is -0.0173. The fourth-order valence-corrected chi connectivity index (χ4v) is 0.890. The molecule has 0 spiro atoms. The maximum absolute atomic E-state index is 9.54. The summed E-state index contributed by atoms with van der Waals surface area (Å²) in [6.07, 6.45) is 0.671. The van der Waals surface area contributed by atoms with E-state index in [-0.39, 0.29) is 5.92 Å². The Morgan fingerprint density at radius 2 is 1.70 bits per heavy atom. The van der Waals surface area contributed by atoms with Crippen molar-refractivity contribution >= 4 is 0 Å². The van der Waals surface area contributed by atoms with Crippen molar-refractivity contribution in [1.29, 1.82) is 0 Å². The van der Waals surface area contributed by atoms with Gasteiger partial charge in [-0.3, -0.25) is 0 Å². The fourth-order valence-electron chi connectivity index (χ4n) is 0.890. The average Bonchev–Trinajstić information content (AvgIpc) is 1.60. The van der Waals surface area contributed by atoms with Gasteiger partial charge in [0.2, 0.25) is 0 Å². The molecule has 0 fully saturated rings. The smallest absolute Gasteiger partial charge is 0.116 e. The molecule has 0 amide bonds. The van der Waals surface area contributed by atoms with Gasteiger partial charge >= 0.3 is 0 Å². The number of nitrogens with two attached hydrogens (primary N) is 1. The summed E-state index contributed by atoms with van der Waals surface area (Å²) in [5, 5.41) is 9.54. The Balaban J connectivity index is 3.87. The first-order chi connectivity index (χ1) is 4.36. The number of hydrogen-bond donors (Lipinski definition) is 2. The minimum atomic E-state index is -0.978. The van der Waals surface area contributed by atoms with Crippen LogP contribution < -0.4 is 5.73 Å². The van der Waals surface area contributed by atoms with Crippen LogP contribution in [0.1, 0.15) is 34.1 Å². The molecule has 0 saturated carbocycles. The van der Waals surface area contributed by atoms with E-state index in [0.717, 1.165) is 0 Å². The third kappa shape index (κ3) is 3.18. The van der Waals surface area contributed by atoms with E-state index >= 15 is 0 Å². The van der Waals surface area contributed by atoms with Gasteiger partial charge in [0.15, 0.2) is 0 Å². The van der Waals surface area contributed by atoms with Gasteiger partial charge in [-0.25, -0.2) is 0 Å². The highest BCUT2D eigenvalue weighted by Crippen LogP contribution is 2.19. The summed E-state index contributed by atoms with van der Waals surface area (Å²) in [5.74, 6) is 0.590. The van der Waals surface area contributed by atoms with Crippen LogP contribution in [0, 0.1) is 11.8 Å². The minimum Gasteiger partial charge on any atom is -0.376 e. The van der Waals surface area contributed by atoms with E-state index in [9.17, 15) is 5.11 Å². The highest BCUT2D eigenvalue weighted by atomic mass is 16.3. The summed E-state index contributed by atoms with van der Waals surface area (Å²) in [7, 11) is 0. The van der Waals surface area contributed by atoms with Crippen LogP contribution in [0.25, 0.3) is 0 Å². The van der Waals surface area contributed by atoms with Crippen LogP contribution in [0.5, 0.6) is 0 Å². The van der Waals surface area contributed by atoms with Gasteiger partial charge in [0.1, 0.15) is 5.72 Å². The lowest BCUT2D eigenvalue weighted by Crippen LogP contribution is -2.45. The van der Waals surface area contributed by atoms with Gasteiger partial charge in [0.25, 0.3) is 0 Å². The van der Waals surface area contributed by atoms with Crippen LogP contribution in [0.4, 0.5) is 0 Å². The summed E-state index contributed by atoms with van der Waals surface area (Å²) in [5.41, 5.74) is 4.64. The summed E-state index contributed by atoms with van der Waals surface area (Å²) < 4.78 is 0. The van der Waals surface area contributed by atoms with Gasteiger partial charge in [-0.2, -0.15) is 0 Å². The van der Waals surface area contributed by atoms with Crippen LogP contribution in [0.3, 0.4) is 0 Å². The topological polar surface area (TPSA) is 46.2 Å². The maximum atomic E-state index is 9.54. The van der Waals surface area contributed by atoms with E-state index in [1.54, 1.807) is 0 Å². The van der Waals surface area contributed by atoms with E-state index in [0.29, 0.717) is 12.3 Å². The molecule has 1 atom stereocenters. The molecule has 0 aromatic carbocycles. The zero-order valence-electron chi connectivity index (χ0n) is 7.39. The lowest BCUT2D eigenvalue weighted by atomic mass is 9.91. The predicted octanol–water partition coefficient (Wildman–Crippen LogP) is 1.34. The van der Waals surface area contributed by atoms with E-state index in [2.05, 4.69) is 13.8 Å². The molecular weight excluding hydrogens is 126 g/mol. The third-order valence-electron chi connectivity index (χ3n) is 1.74. The normalized spacial score (nSPS) is 18.0. The van der Waals surface area contributed by atoms with Crippen molar-refractivity contribution in [2.24, 2.45) is 17.6 Å². The number of hydrogen-bond acceptors (Lipinski definition) is 2. The molecule has 0 aliphatic carbocycles. The second-order valence-corrected chi connectivity index (χ2v) is 3.74. The minimum absolute atomic E-state index is 0.134. The Morgan fingerprint density at radius 1 is 1.30 bits per heavy atom.